The highest BCUT2D eigenvalue weighted by atomic mass is 16.2. The fourth-order valence-electron chi connectivity index (χ4n) is 4.65. The number of hydrogen-bond donors (Lipinski definition) is 3. The van der Waals surface area contributed by atoms with Gasteiger partial charge in [-0.2, -0.15) is 5.10 Å². The van der Waals surface area contributed by atoms with Gasteiger partial charge < -0.3 is 15.2 Å². The number of aromatic nitrogens is 5. The van der Waals surface area contributed by atoms with Gasteiger partial charge in [-0.25, -0.2) is 4.98 Å². The summed E-state index contributed by atoms with van der Waals surface area (Å²) in [6, 6.07) is 6.24. The number of carbonyl (C=O) groups excluding carboxylic acids is 1. The first-order valence-electron chi connectivity index (χ1n) is 12.1. The third-order valence-corrected chi connectivity index (χ3v) is 6.68. The van der Waals surface area contributed by atoms with Gasteiger partial charge in [-0.1, -0.05) is 25.8 Å². The first-order chi connectivity index (χ1) is 16.7. The van der Waals surface area contributed by atoms with E-state index in [0.29, 0.717) is 17.2 Å². The van der Waals surface area contributed by atoms with Crippen molar-refractivity contribution < 1.29 is 4.79 Å². The molecule has 0 unspecified atom stereocenters. The maximum absolute atomic E-state index is 13.0. The van der Waals surface area contributed by atoms with Gasteiger partial charge in [0.05, 0.1) is 11.7 Å². The Kier molecular flexibility index (Phi) is 6.40. The first-order valence-corrected chi connectivity index (χ1v) is 12.1. The Morgan fingerprint density at radius 3 is 2.74 bits per heavy atom. The molecule has 1 aromatic carbocycles. The Hall–Kier alpha value is -3.52. The molecule has 0 atom stereocenters. The van der Waals surface area contributed by atoms with Gasteiger partial charge in [0.25, 0.3) is 5.91 Å². The highest BCUT2D eigenvalue weighted by Gasteiger charge is 2.21. The van der Waals surface area contributed by atoms with Crippen molar-refractivity contribution in [3.8, 4) is 22.6 Å². The van der Waals surface area contributed by atoms with Crippen LogP contribution < -0.4 is 5.32 Å². The van der Waals surface area contributed by atoms with Crippen molar-refractivity contribution in [2.45, 2.75) is 46.1 Å². The Labute approximate surface area is 199 Å². The van der Waals surface area contributed by atoms with E-state index in [2.05, 4.69) is 56.4 Å². The van der Waals surface area contributed by atoms with Crippen LogP contribution in [0.15, 0.2) is 36.8 Å². The third kappa shape index (κ3) is 4.33. The van der Waals surface area contributed by atoms with E-state index in [1.165, 1.54) is 24.0 Å². The molecule has 5 rings (SSSR count). The molecule has 0 saturated carbocycles. The van der Waals surface area contributed by atoms with Gasteiger partial charge in [-0.15, -0.1) is 0 Å². The number of aromatic amines is 2. The zero-order chi connectivity index (χ0) is 23.5. The summed E-state index contributed by atoms with van der Waals surface area (Å²) in [6.45, 7) is 7.56. The number of H-pyrrole nitrogens is 2. The van der Waals surface area contributed by atoms with Crippen LogP contribution in [0, 0.1) is 6.92 Å². The van der Waals surface area contributed by atoms with E-state index in [-0.39, 0.29) is 5.91 Å². The Bertz CT molecular complexity index is 1300. The Morgan fingerprint density at radius 2 is 1.94 bits per heavy atom. The molecule has 1 saturated heterocycles. The zero-order valence-electron chi connectivity index (χ0n) is 19.8. The first kappa shape index (κ1) is 22.3. The molecule has 3 N–H and O–H groups in total. The quantitative estimate of drug-likeness (QED) is 0.397. The molecule has 1 amide bonds. The van der Waals surface area contributed by atoms with E-state index in [9.17, 15) is 4.79 Å². The maximum atomic E-state index is 13.0. The average molecular weight is 458 g/mol. The number of amides is 1. The zero-order valence-corrected chi connectivity index (χ0v) is 19.8. The topological polar surface area (TPSA) is 103 Å². The van der Waals surface area contributed by atoms with Crippen molar-refractivity contribution in [1.82, 2.24) is 35.4 Å². The van der Waals surface area contributed by atoms with Crippen LogP contribution in [0.25, 0.3) is 33.5 Å². The molecular formula is C26H31N7O. The van der Waals surface area contributed by atoms with Crippen LogP contribution in [0.3, 0.4) is 0 Å². The molecule has 8 nitrogen and oxygen atoms in total. The number of nitrogens with one attached hydrogen (secondary N) is 3. The number of benzene rings is 1. The maximum Gasteiger partial charge on any atom is 0.271 e. The van der Waals surface area contributed by atoms with Crippen LogP contribution in [-0.4, -0.2) is 55.6 Å². The molecule has 0 spiro atoms. The molecule has 0 radical (unpaired) electrons. The van der Waals surface area contributed by atoms with Gasteiger partial charge in [0.1, 0.15) is 11.4 Å². The van der Waals surface area contributed by atoms with E-state index in [4.69, 9.17) is 0 Å². The van der Waals surface area contributed by atoms with Crippen LogP contribution in [0.1, 0.15) is 54.2 Å². The Balaban J connectivity index is 1.46. The summed E-state index contributed by atoms with van der Waals surface area (Å²) >= 11 is 0. The van der Waals surface area contributed by atoms with E-state index in [1.807, 2.05) is 23.4 Å². The van der Waals surface area contributed by atoms with Crippen LogP contribution >= 0.6 is 0 Å². The number of nitrogens with zero attached hydrogens (tertiary/aromatic N) is 4. The molecule has 1 aliphatic rings. The van der Waals surface area contributed by atoms with Crippen molar-refractivity contribution in [2.24, 2.45) is 0 Å². The standard InChI is InChI=1S/C26H31N7O/c1-3-27-13-19-14-28-15-21(17(19)2)18-8-9-22-20(12-18)24(32-31-22)25-29-16-23(30-25)26(34)33-10-6-4-5-7-11-33/h8-9,12,14-16,27H,3-7,10-11,13H2,1-2H3,(H,29,30)(H,31,32). The molecule has 0 bridgehead atoms. The summed E-state index contributed by atoms with van der Waals surface area (Å²) in [5.74, 6) is 0.609. The Morgan fingerprint density at radius 1 is 1.12 bits per heavy atom. The van der Waals surface area contributed by atoms with E-state index in [0.717, 1.165) is 61.1 Å². The van der Waals surface area contributed by atoms with Crippen LogP contribution in [0.2, 0.25) is 0 Å². The predicted octanol–water partition coefficient (Wildman–Crippen LogP) is 4.45. The molecule has 4 aromatic rings. The van der Waals surface area contributed by atoms with Crippen molar-refractivity contribution >= 4 is 16.8 Å². The number of carbonyl (C=O) groups is 1. The lowest BCUT2D eigenvalue weighted by Gasteiger charge is -2.18. The van der Waals surface area contributed by atoms with E-state index >= 15 is 0 Å². The number of fused-ring (bicyclic) bond motifs is 1. The van der Waals surface area contributed by atoms with Gasteiger partial charge in [-0.05, 0) is 55.1 Å². The van der Waals surface area contributed by atoms with Crippen molar-refractivity contribution in [2.75, 3.05) is 19.6 Å². The highest BCUT2D eigenvalue weighted by Crippen LogP contribution is 2.31. The summed E-state index contributed by atoms with van der Waals surface area (Å²) in [5.41, 5.74) is 6.72. The van der Waals surface area contributed by atoms with Gasteiger partial charge >= 0.3 is 0 Å². The second kappa shape index (κ2) is 9.77. The molecule has 0 aliphatic carbocycles. The molecule has 3 aromatic heterocycles. The predicted molar refractivity (Wildman–Crippen MR) is 133 cm³/mol. The van der Waals surface area contributed by atoms with Gasteiger partial charge in [-0.3, -0.25) is 14.9 Å². The molecule has 4 heterocycles. The molecular weight excluding hydrogens is 426 g/mol. The number of likely N-dealkylation sites (tertiary alicyclic amines) is 1. The second-order valence-electron chi connectivity index (χ2n) is 8.94. The minimum atomic E-state index is 0.0142. The summed E-state index contributed by atoms with van der Waals surface area (Å²) in [7, 11) is 0. The normalized spacial score (nSPS) is 14.5. The molecule has 8 heteroatoms. The molecule has 1 fully saturated rings. The molecule has 1 aliphatic heterocycles. The van der Waals surface area contributed by atoms with Gasteiger partial charge in [0.15, 0.2) is 5.82 Å². The fraction of sp³-hybridized carbons (Fsp3) is 0.385. The van der Waals surface area contributed by atoms with Crippen LogP contribution in [0.5, 0.6) is 0 Å². The average Bonchev–Trinajstić information content (AvgIpc) is 3.42. The number of rotatable bonds is 6. The second-order valence-corrected chi connectivity index (χ2v) is 8.94. The number of hydrogen-bond acceptors (Lipinski definition) is 5. The lowest BCUT2D eigenvalue weighted by molar-refractivity contribution is 0.0756. The van der Waals surface area contributed by atoms with Crippen LogP contribution in [-0.2, 0) is 6.54 Å². The number of pyridine rings is 1. The van der Waals surface area contributed by atoms with Gasteiger partial charge in [0, 0.05) is 43.0 Å². The van der Waals surface area contributed by atoms with Crippen molar-refractivity contribution in [3.05, 3.63) is 53.6 Å². The third-order valence-electron chi connectivity index (χ3n) is 6.68. The minimum absolute atomic E-state index is 0.0142. The molecule has 176 valence electrons. The summed E-state index contributed by atoms with van der Waals surface area (Å²) in [6.07, 6.45) is 9.96. The summed E-state index contributed by atoms with van der Waals surface area (Å²) in [4.78, 5) is 27.1. The largest absolute Gasteiger partial charge is 0.337 e. The smallest absolute Gasteiger partial charge is 0.271 e. The lowest BCUT2D eigenvalue weighted by atomic mass is 9.98. The lowest BCUT2D eigenvalue weighted by Crippen LogP contribution is -2.32. The van der Waals surface area contributed by atoms with E-state index in [1.54, 1.807) is 6.20 Å². The highest BCUT2D eigenvalue weighted by molar-refractivity contribution is 5.96. The minimum Gasteiger partial charge on any atom is -0.337 e. The van der Waals surface area contributed by atoms with Crippen LogP contribution in [0.4, 0.5) is 0 Å². The van der Waals surface area contributed by atoms with Gasteiger partial charge in [0.2, 0.25) is 0 Å². The molecule has 34 heavy (non-hydrogen) atoms. The fourth-order valence-corrected chi connectivity index (χ4v) is 4.65. The number of imidazole rings is 1. The summed E-state index contributed by atoms with van der Waals surface area (Å²) < 4.78 is 0. The summed E-state index contributed by atoms with van der Waals surface area (Å²) in [5, 5.41) is 11.9. The van der Waals surface area contributed by atoms with E-state index < -0.39 is 0 Å². The monoisotopic (exact) mass is 457 g/mol. The van der Waals surface area contributed by atoms with Crippen molar-refractivity contribution in [1.29, 1.82) is 0 Å². The SMILES string of the molecule is CCNCc1cncc(-c2ccc3[nH]nc(-c4ncc(C(=O)N5CCCCCC5)[nH]4)c3c2)c1C. The van der Waals surface area contributed by atoms with Crippen molar-refractivity contribution in [3.63, 3.8) is 0 Å².